The molecule has 0 spiro atoms. The highest BCUT2D eigenvalue weighted by Gasteiger charge is 2.33. The lowest BCUT2D eigenvalue weighted by molar-refractivity contribution is 0.763. The first-order valence-corrected chi connectivity index (χ1v) is 6.19. The molecule has 2 unspecified atom stereocenters. The third-order valence-electron chi connectivity index (χ3n) is 3.17. The van der Waals surface area contributed by atoms with Gasteiger partial charge >= 0.3 is 0 Å². The van der Waals surface area contributed by atoms with Gasteiger partial charge in [0.2, 0.25) is 0 Å². The fourth-order valence-corrected chi connectivity index (χ4v) is 1.83. The van der Waals surface area contributed by atoms with Crippen LogP contribution in [0.15, 0.2) is 29.3 Å². The van der Waals surface area contributed by atoms with Gasteiger partial charge in [0.15, 0.2) is 5.96 Å². The third kappa shape index (κ3) is 4.71. The summed E-state index contributed by atoms with van der Waals surface area (Å²) in [5, 5.41) is 15.5. The summed E-state index contributed by atoms with van der Waals surface area (Å²) in [6.45, 7) is 2.90. The Morgan fingerprint density at radius 3 is 2.84 bits per heavy atom. The van der Waals surface area contributed by atoms with Gasteiger partial charge < -0.3 is 10.6 Å². The topological polar surface area (TPSA) is 60.2 Å². The van der Waals surface area contributed by atoms with Crippen LogP contribution in [-0.2, 0) is 6.54 Å². The fourth-order valence-electron chi connectivity index (χ4n) is 1.83. The molecule has 5 heteroatoms. The largest absolute Gasteiger partial charge is 0.353 e. The maximum atomic E-state index is 8.84. The minimum Gasteiger partial charge on any atom is -0.353 e. The van der Waals surface area contributed by atoms with Crippen molar-refractivity contribution in [1.29, 1.82) is 5.26 Å². The zero-order valence-electron chi connectivity index (χ0n) is 11.2. The number of nitrogens with zero attached hydrogens (tertiary/aromatic N) is 2. The molecule has 0 saturated heterocycles. The molecule has 1 aliphatic carbocycles. The number of hydrogen-bond donors (Lipinski definition) is 2. The van der Waals surface area contributed by atoms with Crippen molar-refractivity contribution in [2.45, 2.75) is 25.9 Å². The molecule has 0 amide bonds. The lowest BCUT2D eigenvalue weighted by Crippen LogP contribution is -2.38. The first-order valence-electron chi connectivity index (χ1n) is 6.19. The van der Waals surface area contributed by atoms with Crippen molar-refractivity contribution in [2.24, 2.45) is 10.9 Å². The average Bonchev–Trinajstić information content (AvgIpc) is 3.10. The van der Waals surface area contributed by atoms with Gasteiger partial charge in [-0.2, -0.15) is 5.26 Å². The van der Waals surface area contributed by atoms with E-state index in [-0.39, 0.29) is 24.0 Å². The van der Waals surface area contributed by atoms with E-state index in [0.717, 1.165) is 17.4 Å². The molecule has 2 atom stereocenters. The third-order valence-corrected chi connectivity index (χ3v) is 3.17. The predicted molar refractivity (Wildman–Crippen MR) is 87.5 cm³/mol. The van der Waals surface area contributed by atoms with Crippen molar-refractivity contribution in [3.8, 4) is 6.07 Å². The van der Waals surface area contributed by atoms with E-state index in [9.17, 15) is 0 Å². The molecule has 0 aliphatic heterocycles. The van der Waals surface area contributed by atoms with Crippen molar-refractivity contribution in [3.05, 3.63) is 35.4 Å². The van der Waals surface area contributed by atoms with Crippen molar-refractivity contribution >= 4 is 29.9 Å². The second kappa shape index (κ2) is 7.34. The van der Waals surface area contributed by atoms with Crippen LogP contribution in [0.2, 0.25) is 0 Å². The molecule has 1 aromatic carbocycles. The predicted octanol–water partition coefficient (Wildman–Crippen LogP) is 2.25. The molecule has 0 heterocycles. The van der Waals surface area contributed by atoms with E-state index >= 15 is 0 Å². The smallest absolute Gasteiger partial charge is 0.191 e. The molecule has 4 nitrogen and oxygen atoms in total. The number of benzene rings is 1. The van der Waals surface area contributed by atoms with Crippen LogP contribution in [0.1, 0.15) is 24.5 Å². The van der Waals surface area contributed by atoms with E-state index in [2.05, 4.69) is 28.6 Å². The fraction of sp³-hybridized carbons (Fsp3) is 0.429. The molecular formula is C14H19IN4. The molecule has 102 valence electrons. The Labute approximate surface area is 131 Å². The molecule has 1 aliphatic rings. The summed E-state index contributed by atoms with van der Waals surface area (Å²) in [5.41, 5.74) is 1.77. The second-order valence-corrected chi connectivity index (χ2v) is 4.70. The molecule has 0 radical (unpaired) electrons. The van der Waals surface area contributed by atoms with Gasteiger partial charge in [-0.25, -0.2) is 0 Å². The van der Waals surface area contributed by atoms with E-state index in [0.29, 0.717) is 18.2 Å². The normalized spacial score (nSPS) is 21.0. The summed E-state index contributed by atoms with van der Waals surface area (Å²) >= 11 is 0. The summed E-state index contributed by atoms with van der Waals surface area (Å²) in [4.78, 5) is 4.19. The monoisotopic (exact) mass is 370 g/mol. The van der Waals surface area contributed by atoms with E-state index in [1.54, 1.807) is 7.05 Å². The van der Waals surface area contributed by atoms with Crippen molar-refractivity contribution in [2.75, 3.05) is 7.05 Å². The van der Waals surface area contributed by atoms with E-state index in [1.807, 2.05) is 24.3 Å². The molecular weight excluding hydrogens is 351 g/mol. The highest BCUT2D eigenvalue weighted by Crippen LogP contribution is 2.28. The van der Waals surface area contributed by atoms with Gasteiger partial charge in [0.25, 0.3) is 0 Å². The first-order chi connectivity index (χ1) is 8.72. The minimum atomic E-state index is 0. The van der Waals surface area contributed by atoms with E-state index in [4.69, 9.17) is 5.26 Å². The van der Waals surface area contributed by atoms with Crippen molar-refractivity contribution < 1.29 is 0 Å². The summed E-state index contributed by atoms with van der Waals surface area (Å²) in [7, 11) is 1.77. The first kappa shape index (κ1) is 15.8. The quantitative estimate of drug-likeness (QED) is 0.488. The van der Waals surface area contributed by atoms with Crippen LogP contribution >= 0.6 is 24.0 Å². The number of nitrogens with one attached hydrogen (secondary N) is 2. The Hall–Kier alpha value is -1.29. The van der Waals surface area contributed by atoms with Gasteiger partial charge in [0, 0.05) is 19.6 Å². The zero-order valence-corrected chi connectivity index (χ0v) is 13.5. The Balaban J connectivity index is 0.00000180. The maximum Gasteiger partial charge on any atom is 0.191 e. The average molecular weight is 370 g/mol. The van der Waals surface area contributed by atoms with E-state index in [1.165, 1.54) is 6.42 Å². The lowest BCUT2D eigenvalue weighted by atomic mass is 10.1. The number of nitriles is 1. The van der Waals surface area contributed by atoms with Gasteiger partial charge in [0.05, 0.1) is 11.6 Å². The molecule has 0 aromatic heterocycles. The van der Waals surface area contributed by atoms with E-state index < -0.39 is 0 Å². The van der Waals surface area contributed by atoms with Crippen LogP contribution in [0.25, 0.3) is 0 Å². The summed E-state index contributed by atoms with van der Waals surface area (Å²) in [6, 6.07) is 10.3. The summed E-state index contributed by atoms with van der Waals surface area (Å²) in [5.74, 6) is 1.57. The SMILES string of the molecule is CN=C(NCc1cccc(C#N)c1)NC1CC1C.I. The van der Waals surface area contributed by atoms with Crippen molar-refractivity contribution in [1.82, 2.24) is 10.6 Å². The maximum absolute atomic E-state index is 8.84. The minimum absolute atomic E-state index is 0. The number of rotatable bonds is 3. The molecule has 1 saturated carbocycles. The molecule has 2 rings (SSSR count). The second-order valence-electron chi connectivity index (χ2n) is 4.70. The summed E-state index contributed by atoms with van der Waals surface area (Å²) in [6.07, 6.45) is 1.21. The van der Waals surface area contributed by atoms with Gasteiger partial charge in [-0.15, -0.1) is 24.0 Å². The van der Waals surface area contributed by atoms with Crippen LogP contribution in [-0.4, -0.2) is 19.0 Å². The zero-order chi connectivity index (χ0) is 13.0. The molecule has 19 heavy (non-hydrogen) atoms. The molecule has 1 fully saturated rings. The highest BCUT2D eigenvalue weighted by atomic mass is 127. The van der Waals surface area contributed by atoms with Crippen molar-refractivity contribution in [3.63, 3.8) is 0 Å². The Morgan fingerprint density at radius 2 is 2.26 bits per heavy atom. The molecule has 2 N–H and O–H groups in total. The van der Waals surface area contributed by atoms with Gasteiger partial charge in [0.1, 0.15) is 0 Å². The number of aliphatic imine (C=N–C) groups is 1. The van der Waals surface area contributed by atoms with Crippen LogP contribution < -0.4 is 10.6 Å². The molecule has 0 bridgehead atoms. The lowest BCUT2D eigenvalue weighted by Gasteiger charge is -2.11. The summed E-state index contributed by atoms with van der Waals surface area (Å²) < 4.78 is 0. The van der Waals surface area contributed by atoms with Gasteiger partial charge in [-0.3, -0.25) is 4.99 Å². The number of halogens is 1. The van der Waals surface area contributed by atoms with Gasteiger partial charge in [-0.1, -0.05) is 19.1 Å². The van der Waals surface area contributed by atoms with Crippen LogP contribution in [0.5, 0.6) is 0 Å². The Morgan fingerprint density at radius 1 is 1.53 bits per heavy atom. The molecule has 1 aromatic rings. The van der Waals surface area contributed by atoms with Crippen LogP contribution in [0, 0.1) is 17.2 Å². The highest BCUT2D eigenvalue weighted by molar-refractivity contribution is 14.0. The number of guanidine groups is 1. The Kier molecular flexibility index (Phi) is 6.09. The van der Waals surface area contributed by atoms with Crippen LogP contribution in [0.4, 0.5) is 0 Å². The standard InChI is InChI=1S/C14H18N4.HI/c1-10-6-13(10)18-14(16-2)17-9-12-5-3-4-11(7-12)8-15;/h3-5,7,10,13H,6,9H2,1-2H3,(H2,16,17,18);1H. The Bertz CT molecular complexity index is 492. The number of hydrogen-bond acceptors (Lipinski definition) is 2. The van der Waals surface area contributed by atoms with Crippen LogP contribution in [0.3, 0.4) is 0 Å². The van der Waals surface area contributed by atoms with Gasteiger partial charge in [-0.05, 0) is 30.0 Å².